The van der Waals surface area contributed by atoms with Crippen LogP contribution in [0.4, 0.5) is 16.2 Å². The molecule has 2 aromatic rings. The van der Waals surface area contributed by atoms with Crippen LogP contribution in [0.1, 0.15) is 43.2 Å². The maximum atomic E-state index is 12.9. The Hall–Kier alpha value is -3.62. The van der Waals surface area contributed by atoms with Gasteiger partial charge in [0.2, 0.25) is 0 Å². The van der Waals surface area contributed by atoms with Crippen molar-refractivity contribution >= 4 is 23.4 Å². The van der Waals surface area contributed by atoms with Gasteiger partial charge in [-0.25, -0.2) is 14.6 Å². The molecule has 1 saturated heterocycles. The number of anilines is 2. The minimum atomic E-state index is -0.638. The lowest BCUT2D eigenvalue weighted by Gasteiger charge is -2.29. The van der Waals surface area contributed by atoms with Crippen LogP contribution in [-0.2, 0) is 19.0 Å². The summed E-state index contributed by atoms with van der Waals surface area (Å²) < 4.78 is 15.3. The Bertz CT molecular complexity index is 1070. The molecule has 5 N–H and O–H groups in total. The lowest BCUT2D eigenvalue weighted by atomic mass is 10.0. The van der Waals surface area contributed by atoms with Gasteiger partial charge < -0.3 is 30.2 Å². The van der Waals surface area contributed by atoms with E-state index in [-0.39, 0.29) is 23.8 Å². The summed E-state index contributed by atoms with van der Waals surface area (Å²) in [4.78, 5) is 32.2. The molecule has 2 aliphatic heterocycles. The third-order valence-corrected chi connectivity index (χ3v) is 5.66. The molecule has 1 aromatic heterocycles. The number of nitriles is 1. The molecular formula is C22H26N6O5. The predicted octanol–water partition coefficient (Wildman–Crippen LogP) is 2.42. The van der Waals surface area contributed by atoms with Crippen LogP contribution in [0, 0.1) is 11.3 Å². The fourth-order valence-corrected chi connectivity index (χ4v) is 3.79. The average molecular weight is 454 g/mol. The highest BCUT2D eigenvalue weighted by Crippen LogP contribution is 2.34. The van der Waals surface area contributed by atoms with E-state index in [9.17, 15) is 14.9 Å². The number of aromatic amines is 1. The SMILES string of the molecule is COC(=O)Nc1ccc2c(c1)N[C@@H](C(=O)OC1COC1)CCCC[C@H](N)c1nc(C#N)c-2[nH]1. The van der Waals surface area contributed by atoms with E-state index in [1.807, 2.05) is 0 Å². The number of nitrogens with two attached hydrogens (primary N) is 1. The molecule has 1 fully saturated rings. The number of nitrogens with zero attached hydrogens (tertiary/aromatic N) is 2. The first kappa shape index (κ1) is 22.6. The predicted molar refractivity (Wildman–Crippen MR) is 118 cm³/mol. The minimum absolute atomic E-state index is 0.196. The van der Waals surface area contributed by atoms with Gasteiger partial charge in [-0.15, -0.1) is 0 Å². The van der Waals surface area contributed by atoms with Gasteiger partial charge in [-0.3, -0.25) is 5.32 Å². The number of carbonyl (C=O) groups excluding carboxylic acids is 2. The second kappa shape index (κ2) is 9.89. The van der Waals surface area contributed by atoms with Gasteiger partial charge in [-0.1, -0.05) is 12.8 Å². The largest absolute Gasteiger partial charge is 0.456 e. The van der Waals surface area contributed by atoms with Gasteiger partial charge in [-0.2, -0.15) is 5.26 Å². The highest BCUT2D eigenvalue weighted by atomic mass is 16.6. The zero-order chi connectivity index (χ0) is 23.4. The smallest absolute Gasteiger partial charge is 0.411 e. The molecule has 174 valence electrons. The number of nitrogens with one attached hydrogen (secondary N) is 3. The summed E-state index contributed by atoms with van der Waals surface area (Å²) in [7, 11) is 1.27. The molecule has 1 amide bonds. The third kappa shape index (κ3) is 5.08. The van der Waals surface area contributed by atoms with E-state index in [1.165, 1.54) is 7.11 Å². The molecule has 33 heavy (non-hydrogen) atoms. The maximum Gasteiger partial charge on any atom is 0.411 e. The minimum Gasteiger partial charge on any atom is -0.456 e. The van der Waals surface area contributed by atoms with Crippen molar-refractivity contribution in [1.82, 2.24) is 9.97 Å². The second-order valence-corrected chi connectivity index (χ2v) is 8.02. The number of ether oxygens (including phenoxy) is 3. The van der Waals surface area contributed by atoms with Gasteiger partial charge in [0.15, 0.2) is 5.69 Å². The number of rotatable bonds is 3. The summed E-state index contributed by atoms with van der Waals surface area (Å²) >= 11 is 0. The van der Waals surface area contributed by atoms with E-state index < -0.39 is 12.1 Å². The first-order chi connectivity index (χ1) is 16.0. The number of esters is 1. The van der Waals surface area contributed by atoms with Crippen molar-refractivity contribution in [2.75, 3.05) is 31.0 Å². The van der Waals surface area contributed by atoms with Gasteiger partial charge in [-0.05, 0) is 31.0 Å². The molecule has 0 spiro atoms. The average Bonchev–Trinajstić information content (AvgIpc) is 3.22. The second-order valence-electron chi connectivity index (χ2n) is 8.02. The fraction of sp³-hybridized carbons (Fsp3) is 0.455. The Balaban J connectivity index is 1.75. The number of amides is 1. The van der Waals surface area contributed by atoms with Crippen molar-refractivity contribution in [1.29, 1.82) is 5.26 Å². The number of imidazole rings is 1. The highest BCUT2D eigenvalue weighted by molar-refractivity contribution is 5.90. The van der Waals surface area contributed by atoms with Crippen LogP contribution in [0.2, 0.25) is 0 Å². The molecule has 3 heterocycles. The fourth-order valence-electron chi connectivity index (χ4n) is 3.79. The van der Waals surface area contributed by atoms with Crippen molar-refractivity contribution in [3.8, 4) is 17.3 Å². The molecule has 2 bridgehead atoms. The monoisotopic (exact) mass is 454 g/mol. The molecule has 2 atom stereocenters. The van der Waals surface area contributed by atoms with E-state index >= 15 is 0 Å². The van der Waals surface area contributed by atoms with E-state index in [4.69, 9.17) is 15.2 Å². The van der Waals surface area contributed by atoms with Gasteiger partial charge in [0.25, 0.3) is 0 Å². The number of aromatic nitrogens is 2. The van der Waals surface area contributed by atoms with Crippen molar-refractivity contribution in [2.45, 2.75) is 43.9 Å². The molecule has 0 unspecified atom stereocenters. The van der Waals surface area contributed by atoms with E-state index in [2.05, 4.69) is 31.4 Å². The molecule has 0 aliphatic carbocycles. The van der Waals surface area contributed by atoms with Gasteiger partial charge in [0, 0.05) is 16.9 Å². The zero-order valence-electron chi connectivity index (χ0n) is 18.2. The molecule has 11 heteroatoms. The van der Waals surface area contributed by atoms with E-state index in [0.29, 0.717) is 54.5 Å². The number of fused-ring (bicyclic) bond motifs is 4. The molecule has 0 saturated carbocycles. The summed E-state index contributed by atoms with van der Waals surface area (Å²) in [5, 5.41) is 15.5. The lowest BCUT2D eigenvalue weighted by Crippen LogP contribution is -2.42. The van der Waals surface area contributed by atoms with Crippen molar-refractivity contribution < 1.29 is 23.8 Å². The molecule has 4 rings (SSSR count). The number of hydrogen-bond acceptors (Lipinski definition) is 9. The normalized spacial score (nSPS) is 20.5. The van der Waals surface area contributed by atoms with Crippen LogP contribution < -0.4 is 16.4 Å². The Morgan fingerprint density at radius 3 is 2.79 bits per heavy atom. The summed E-state index contributed by atoms with van der Waals surface area (Å²) in [6, 6.07) is 6.18. The number of methoxy groups -OCH3 is 1. The Morgan fingerprint density at radius 1 is 1.30 bits per heavy atom. The van der Waals surface area contributed by atoms with Crippen LogP contribution in [-0.4, -0.2) is 54.5 Å². The number of H-pyrrole nitrogens is 1. The van der Waals surface area contributed by atoms with Crippen LogP contribution >= 0.6 is 0 Å². The zero-order valence-corrected chi connectivity index (χ0v) is 18.2. The van der Waals surface area contributed by atoms with Gasteiger partial charge in [0.05, 0.1) is 32.1 Å². The summed E-state index contributed by atoms with van der Waals surface area (Å²) in [6.45, 7) is 0.777. The quantitative estimate of drug-likeness (QED) is 0.510. The lowest BCUT2D eigenvalue weighted by molar-refractivity contribution is -0.173. The van der Waals surface area contributed by atoms with E-state index in [1.54, 1.807) is 18.2 Å². The molecular weight excluding hydrogens is 428 g/mol. The number of carbonyl (C=O) groups is 2. The summed E-state index contributed by atoms with van der Waals surface area (Å²) in [5.41, 5.74) is 8.57. The van der Waals surface area contributed by atoms with Crippen LogP contribution in [0.5, 0.6) is 0 Å². The van der Waals surface area contributed by atoms with Crippen molar-refractivity contribution in [3.63, 3.8) is 0 Å². The Kier molecular flexibility index (Phi) is 6.76. The standard InChI is InChI=1S/C22H26N6O5/c1-31-22(30)25-12-6-7-14-17(8-12)26-16(21(29)33-13-10-32-11-13)5-3-2-4-15(24)20-27-18(9-23)19(14)28-20/h6-8,13,15-16,26H,2-5,10-11,24H2,1H3,(H,25,30)(H,27,28)/t15-,16+/m0/s1. The van der Waals surface area contributed by atoms with Crippen molar-refractivity contribution in [2.24, 2.45) is 5.73 Å². The highest BCUT2D eigenvalue weighted by Gasteiger charge is 2.29. The van der Waals surface area contributed by atoms with E-state index in [0.717, 1.165) is 12.8 Å². The van der Waals surface area contributed by atoms with Gasteiger partial charge in [0.1, 0.15) is 24.0 Å². The Labute approximate surface area is 190 Å². The van der Waals surface area contributed by atoms with Crippen LogP contribution in [0.15, 0.2) is 18.2 Å². The first-order valence-electron chi connectivity index (χ1n) is 10.8. The van der Waals surface area contributed by atoms with Crippen LogP contribution in [0.25, 0.3) is 11.3 Å². The Morgan fingerprint density at radius 2 is 2.09 bits per heavy atom. The van der Waals surface area contributed by atoms with Crippen LogP contribution in [0.3, 0.4) is 0 Å². The summed E-state index contributed by atoms with van der Waals surface area (Å²) in [5.74, 6) is 0.151. The first-order valence-corrected chi connectivity index (χ1v) is 10.8. The molecule has 1 aromatic carbocycles. The number of hydrogen-bond donors (Lipinski definition) is 4. The topological polar surface area (TPSA) is 164 Å². The molecule has 11 nitrogen and oxygen atoms in total. The number of benzene rings is 1. The van der Waals surface area contributed by atoms with Crippen molar-refractivity contribution in [3.05, 3.63) is 29.7 Å². The third-order valence-electron chi connectivity index (χ3n) is 5.66. The molecule has 2 aliphatic rings. The molecule has 0 radical (unpaired) electrons. The van der Waals surface area contributed by atoms with Gasteiger partial charge >= 0.3 is 12.1 Å². The summed E-state index contributed by atoms with van der Waals surface area (Å²) in [6.07, 6.45) is 1.81. The maximum absolute atomic E-state index is 12.9.